The summed E-state index contributed by atoms with van der Waals surface area (Å²) < 4.78 is 12.1. The van der Waals surface area contributed by atoms with Crippen molar-refractivity contribution >= 4 is 11.7 Å². The maximum Gasteiger partial charge on any atom is 0.319 e. The van der Waals surface area contributed by atoms with Crippen LogP contribution in [-0.4, -0.2) is 31.6 Å². The van der Waals surface area contributed by atoms with Crippen LogP contribution in [0.1, 0.15) is 82.8 Å². The van der Waals surface area contributed by atoms with Crippen LogP contribution in [0.2, 0.25) is 0 Å². The van der Waals surface area contributed by atoms with Crippen LogP contribution < -0.4 is 10.6 Å². The summed E-state index contributed by atoms with van der Waals surface area (Å²) in [6.07, 6.45) is 5.92. The number of nitrogens with one attached hydrogen (secondary N) is 2. The van der Waals surface area contributed by atoms with Crippen LogP contribution in [0.5, 0.6) is 0 Å². The molecule has 5 heteroatoms. The van der Waals surface area contributed by atoms with Gasteiger partial charge in [0.25, 0.3) is 0 Å². The fraction of sp³-hybridized carbons (Fsp3) is 0.696. The minimum absolute atomic E-state index is 0.190. The lowest BCUT2D eigenvalue weighted by atomic mass is 9.83. The fourth-order valence-electron chi connectivity index (χ4n) is 4.55. The predicted molar refractivity (Wildman–Crippen MR) is 113 cm³/mol. The van der Waals surface area contributed by atoms with Crippen molar-refractivity contribution in [1.29, 1.82) is 0 Å². The Labute approximate surface area is 169 Å². The van der Waals surface area contributed by atoms with E-state index in [4.69, 9.17) is 9.47 Å². The molecule has 1 aromatic rings. The van der Waals surface area contributed by atoms with Crippen molar-refractivity contribution in [2.45, 2.75) is 77.4 Å². The third-order valence-electron chi connectivity index (χ3n) is 6.11. The number of anilines is 1. The first-order chi connectivity index (χ1) is 13.4. The highest BCUT2D eigenvalue weighted by atomic mass is 16.7. The molecular weight excluding hydrogens is 352 g/mol. The zero-order valence-corrected chi connectivity index (χ0v) is 17.8. The lowest BCUT2D eigenvalue weighted by Gasteiger charge is -2.37. The summed E-state index contributed by atoms with van der Waals surface area (Å²) in [7, 11) is 0. The lowest BCUT2D eigenvalue weighted by molar-refractivity contribution is -0.196. The van der Waals surface area contributed by atoms with E-state index in [2.05, 4.69) is 56.5 Å². The van der Waals surface area contributed by atoms with Crippen molar-refractivity contribution in [3.05, 3.63) is 29.3 Å². The number of urea groups is 1. The molecule has 156 valence electrons. The van der Waals surface area contributed by atoms with Crippen LogP contribution in [0.25, 0.3) is 0 Å². The van der Waals surface area contributed by atoms with Crippen LogP contribution in [-0.2, 0) is 9.47 Å². The second-order valence-corrected chi connectivity index (χ2v) is 8.77. The number of hydrogen-bond acceptors (Lipinski definition) is 3. The summed E-state index contributed by atoms with van der Waals surface area (Å²) in [6.45, 7) is 10.2. The molecule has 2 aliphatic rings. The first-order valence-corrected chi connectivity index (χ1v) is 10.9. The number of hydrogen-bond donors (Lipinski definition) is 2. The average molecular weight is 389 g/mol. The van der Waals surface area contributed by atoms with Gasteiger partial charge in [0, 0.05) is 11.6 Å². The number of carbonyl (C=O) groups is 1. The molecule has 0 unspecified atom stereocenters. The topological polar surface area (TPSA) is 59.6 Å². The van der Waals surface area contributed by atoms with Gasteiger partial charge in [-0.3, -0.25) is 0 Å². The molecule has 1 saturated carbocycles. The average Bonchev–Trinajstić information content (AvgIpc) is 3.17. The summed E-state index contributed by atoms with van der Waals surface area (Å²) in [6, 6.07) is 6.08. The van der Waals surface area contributed by atoms with Gasteiger partial charge in [-0.1, -0.05) is 65.2 Å². The fourth-order valence-corrected chi connectivity index (χ4v) is 4.55. The van der Waals surface area contributed by atoms with E-state index in [0.717, 1.165) is 29.7 Å². The van der Waals surface area contributed by atoms with Gasteiger partial charge in [0.2, 0.25) is 0 Å². The first-order valence-electron chi connectivity index (χ1n) is 10.9. The Morgan fingerprint density at radius 1 is 1.04 bits per heavy atom. The van der Waals surface area contributed by atoms with Crippen LogP contribution in [0, 0.1) is 5.92 Å². The third-order valence-corrected chi connectivity index (χ3v) is 6.11. The van der Waals surface area contributed by atoms with Gasteiger partial charge in [0.15, 0.2) is 5.79 Å². The molecule has 5 nitrogen and oxygen atoms in total. The zero-order chi connectivity index (χ0) is 20.1. The number of benzene rings is 1. The second-order valence-electron chi connectivity index (χ2n) is 8.77. The van der Waals surface area contributed by atoms with Crippen molar-refractivity contribution in [3.8, 4) is 0 Å². The highest BCUT2D eigenvalue weighted by Gasteiger charge is 2.44. The quantitative estimate of drug-likeness (QED) is 0.688. The SMILES string of the molecule is CC(C)c1cccc(C(C)C)c1NC(=O)NCC1(C2CCCCC2)OCCO1. The van der Waals surface area contributed by atoms with E-state index in [1.165, 1.54) is 19.3 Å². The minimum atomic E-state index is -0.657. The van der Waals surface area contributed by atoms with E-state index in [1.807, 2.05) is 0 Å². The largest absolute Gasteiger partial charge is 0.346 e. The van der Waals surface area contributed by atoms with Gasteiger partial charge in [0.05, 0.1) is 19.8 Å². The maximum atomic E-state index is 12.8. The molecule has 1 heterocycles. The molecule has 2 fully saturated rings. The van der Waals surface area contributed by atoms with Crippen LogP contribution in [0.3, 0.4) is 0 Å². The zero-order valence-electron chi connectivity index (χ0n) is 17.8. The number of amides is 2. The molecule has 1 aliphatic heterocycles. The van der Waals surface area contributed by atoms with Crippen LogP contribution in [0.15, 0.2) is 18.2 Å². The molecule has 0 radical (unpaired) electrons. The van der Waals surface area contributed by atoms with Crippen molar-refractivity contribution in [1.82, 2.24) is 5.32 Å². The molecule has 1 aromatic carbocycles. The number of ether oxygens (including phenoxy) is 2. The number of rotatable bonds is 6. The van der Waals surface area contributed by atoms with Crippen molar-refractivity contribution in [3.63, 3.8) is 0 Å². The number of carbonyl (C=O) groups excluding carboxylic acids is 1. The van der Waals surface area contributed by atoms with E-state index >= 15 is 0 Å². The lowest BCUT2D eigenvalue weighted by Crippen LogP contribution is -2.50. The Morgan fingerprint density at radius 3 is 2.14 bits per heavy atom. The molecule has 0 aromatic heterocycles. The Morgan fingerprint density at radius 2 is 1.61 bits per heavy atom. The Bertz CT molecular complexity index is 634. The highest BCUT2D eigenvalue weighted by molar-refractivity contribution is 5.91. The molecule has 2 amide bonds. The smallest absolute Gasteiger partial charge is 0.319 e. The maximum absolute atomic E-state index is 12.8. The molecule has 2 N–H and O–H groups in total. The highest BCUT2D eigenvalue weighted by Crippen LogP contribution is 2.38. The Hall–Kier alpha value is -1.59. The summed E-state index contributed by atoms with van der Waals surface area (Å²) in [5, 5.41) is 6.17. The van der Waals surface area contributed by atoms with Gasteiger partial charge in [0.1, 0.15) is 0 Å². The van der Waals surface area contributed by atoms with E-state index < -0.39 is 5.79 Å². The molecule has 0 spiro atoms. The standard InChI is InChI=1S/C23H36N2O3/c1-16(2)19-11-8-12-20(17(3)4)21(19)25-22(26)24-15-23(27-13-14-28-23)18-9-6-5-7-10-18/h8,11-12,16-18H,5-7,9-10,13-15H2,1-4H3,(H2,24,25,26). The van der Waals surface area contributed by atoms with Gasteiger partial charge in [-0.15, -0.1) is 0 Å². The van der Waals surface area contributed by atoms with Crippen molar-refractivity contribution in [2.75, 3.05) is 25.1 Å². The summed E-state index contributed by atoms with van der Waals surface area (Å²) in [5.74, 6) is 0.377. The molecule has 3 rings (SSSR count). The Kier molecular flexibility index (Phi) is 7.00. The molecule has 1 saturated heterocycles. The molecule has 1 aliphatic carbocycles. The van der Waals surface area contributed by atoms with Crippen molar-refractivity contribution in [2.24, 2.45) is 5.92 Å². The molecular formula is C23H36N2O3. The van der Waals surface area contributed by atoms with Crippen molar-refractivity contribution < 1.29 is 14.3 Å². The van der Waals surface area contributed by atoms with Gasteiger partial charge < -0.3 is 20.1 Å². The van der Waals surface area contributed by atoms with Gasteiger partial charge in [-0.25, -0.2) is 4.79 Å². The number of para-hydroxylation sites is 1. The molecule has 28 heavy (non-hydrogen) atoms. The van der Waals surface area contributed by atoms with Crippen LogP contribution >= 0.6 is 0 Å². The normalized spacial score (nSPS) is 19.9. The van der Waals surface area contributed by atoms with Gasteiger partial charge in [-0.05, 0) is 35.8 Å². The van der Waals surface area contributed by atoms with Crippen LogP contribution in [0.4, 0.5) is 10.5 Å². The molecule has 0 atom stereocenters. The monoisotopic (exact) mass is 388 g/mol. The summed E-state index contributed by atoms with van der Waals surface area (Å²) in [4.78, 5) is 12.8. The summed E-state index contributed by atoms with van der Waals surface area (Å²) in [5.41, 5.74) is 3.26. The predicted octanol–water partition coefficient (Wildman–Crippen LogP) is 5.38. The molecule has 0 bridgehead atoms. The van der Waals surface area contributed by atoms with E-state index in [-0.39, 0.29) is 6.03 Å². The van der Waals surface area contributed by atoms with Gasteiger partial charge in [-0.2, -0.15) is 0 Å². The minimum Gasteiger partial charge on any atom is -0.346 e. The van der Waals surface area contributed by atoms with Gasteiger partial charge >= 0.3 is 6.03 Å². The van der Waals surface area contributed by atoms with E-state index in [1.54, 1.807) is 0 Å². The second kappa shape index (κ2) is 9.27. The third kappa shape index (κ3) is 4.69. The van der Waals surface area contributed by atoms with E-state index in [0.29, 0.717) is 37.5 Å². The van der Waals surface area contributed by atoms with E-state index in [9.17, 15) is 4.79 Å². The first kappa shape index (κ1) is 21.1. The summed E-state index contributed by atoms with van der Waals surface area (Å²) >= 11 is 0. The Balaban J connectivity index is 1.70.